The van der Waals surface area contributed by atoms with Crippen molar-refractivity contribution >= 4 is 0 Å². The van der Waals surface area contributed by atoms with Crippen LogP contribution in [0.5, 0.6) is 5.75 Å². The number of rotatable bonds is 35. The summed E-state index contributed by atoms with van der Waals surface area (Å²) in [4.78, 5) is 4.48. The summed E-state index contributed by atoms with van der Waals surface area (Å²) in [7, 11) is 0. The van der Waals surface area contributed by atoms with E-state index in [4.69, 9.17) is 23.7 Å². The number of aliphatic hydroxyl groups excluding tert-OH is 5. The van der Waals surface area contributed by atoms with Gasteiger partial charge in [-0.3, -0.25) is 9.80 Å². The maximum absolute atomic E-state index is 10.3. The number of hydrogen-bond donors (Lipinski definition) is 5. The SMILES string of the molecule is CCCCCCCCCc1cc(CN(CCOCC(C)O)CCOCC(C)O)c(OCC(C)O)c(CN(CCOCC(C)O)CCOCC(C)O)c1. The molecule has 0 heterocycles. The highest BCUT2D eigenvalue weighted by molar-refractivity contribution is 5.45. The third kappa shape index (κ3) is 26.4. The standard InChI is InChI=1S/C40H76N2O10/c1-7-8-9-10-11-12-13-14-37-23-38(25-41(15-19-48-27-32(2)43)16-20-49-28-33(3)44)40(52-31-36(6)47)39(24-37)26-42(17-21-50-29-34(4)45)18-22-51-30-35(5)46/h23-24,32-36,43-47H,7-22,25-31H2,1-6H3. The lowest BCUT2D eigenvalue weighted by atomic mass is 9.98. The van der Waals surface area contributed by atoms with Crippen LogP contribution in [-0.2, 0) is 38.5 Å². The second-order valence-electron chi connectivity index (χ2n) is 14.5. The van der Waals surface area contributed by atoms with Crippen molar-refractivity contribution in [3.63, 3.8) is 0 Å². The maximum atomic E-state index is 10.3. The molecule has 0 radical (unpaired) electrons. The third-order valence-electron chi connectivity index (χ3n) is 8.27. The Morgan fingerprint density at radius 2 is 0.846 bits per heavy atom. The summed E-state index contributed by atoms with van der Waals surface area (Å²) in [5, 5.41) is 49.2. The summed E-state index contributed by atoms with van der Waals surface area (Å²) in [6, 6.07) is 4.47. The highest BCUT2D eigenvalue weighted by Gasteiger charge is 2.20. The molecule has 0 aromatic heterocycles. The summed E-state index contributed by atoms with van der Waals surface area (Å²) in [5.41, 5.74) is 3.25. The Bertz CT molecular complexity index is 889. The van der Waals surface area contributed by atoms with E-state index in [1.807, 2.05) is 0 Å². The molecule has 12 heteroatoms. The molecule has 306 valence electrons. The average molecular weight is 745 g/mol. The zero-order chi connectivity index (χ0) is 38.6. The monoisotopic (exact) mass is 745 g/mol. The molecule has 0 aliphatic carbocycles. The van der Waals surface area contributed by atoms with E-state index in [9.17, 15) is 25.5 Å². The normalized spacial score (nSPS) is 14.9. The lowest BCUT2D eigenvalue weighted by Crippen LogP contribution is -2.33. The molecule has 0 bridgehead atoms. The molecule has 5 atom stereocenters. The van der Waals surface area contributed by atoms with Crippen LogP contribution in [0.2, 0.25) is 0 Å². The van der Waals surface area contributed by atoms with Gasteiger partial charge < -0.3 is 49.2 Å². The molecular formula is C40H76N2O10. The molecular weight excluding hydrogens is 668 g/mol. The van der Waals surface area contributed by atoms with Crippen molar-refractivity contribution in [3.05, 3.63) is 28.8 Å². The average Bonchev–Trinajstić information content (AvgIpc) is 3.07. The lowest BCUT2D eigenvalue weighted by Gasteiger charge is -2.28. The van der Waals surface area contributed by atoms with Crippen LogP contribution in [0.15, 0.2) is 12.1 Å². The van der Waals surface area contributed by atoms with Gasteiger partial charge in [0, 0.05) is 50.4 Å². The molecule has 0 aliphatic heterocycles. The van der Waals surface area contributed by atoms with Gasteiger partial charge in [-0.15, -0.1) is 0 Å². The van der Waals surface area contributed by atoms with Gasteiger partial charge in [0.05, 0.1) is 83.4 Å². The van der Waals surface area contributed by atoms with Crippen LogP contribution in [0.3, 0.4) is 0 Å². The minimum Gasteiger partial charge on any atom is -0.490 e. The zero-order valence-corrected chi connectivity index (χ0v) is 33.5. The third-order valence-corrected chi connectivity index (χ3v) is 8.27. The van der Waals surface area contributed by atoms with E-state index in [-0.39, 0.29) is 33.0 Å². The fourth-order valence-electron chi connectivity index (χ4n) is 5.69. The number of aliphatic hydroxyl groups is 5. The first kappa shape index (κ1) is 48.6. The molecule has 0 saturated carbocycles. The van der Waals surface area contributed by atoms with E-state index >= 15 is 0 Å². The predicted molar refractivity (Wildman–Crippen MR) is 206 cm³/mol. The van der Waals surface area contributed by atoms with Crippen LogP contribution in [0.1, 0.15) is 103 Å². The summed E-state index contributed by atoms with van der Waals surface area (Å²) >= 11 is 0. The summed E-state index contributed by atoms with van der Waals surface area (Å²) in [6.45, 7) is 17.2. The van der Waals surface area contributed by atoms with Crippen molar-refractivity contribution in [2.24, 2.45) is 0 Å². The van der Waals surface area contributed by atoms with Crippen LogP contribution in [0.4, 0.5) is 0 Å². The molecule has 1 aromatic carbocycles. The molecule has 0 aliphatic rings. The van der Waals surface area contributed by atoms with Gasteiger partial charge in [0.15, 0.2) is 0 Å². The number of benzene rings is 1. The number of ether oxygens (including phenoxy) is 5. The molecule has 0 spiro atoms. The Hall–Kier alpha value is -1.42. The van der Waals surface area contributed by atoms with Gasteiger partial charge in [-0.2, -0.15) is 0 Å². The van der Waals surface area contributed by atoms with E-state index in [0.29, 0.717) is 65.7 Å². The minimum absolute atomic E-state index is 0.140. The highest BCUT2D eigenvalue weighted by Crippen LogP contribution is 2.30. The van der Waals surface area contributed by atoms with Gasteiger partial charge in [0.25, 0.3) is 0 Å². The van der Waals surface area contributed by atoms with Crippen LogP contribution in [-0.4, -0.2) is 151 Å². The van der Waals surface area contributed by atoms with Crippen molar-refractivity contribution in [1.82, 2.24) is 9.80 Å². The molecule has 52 heavy (non-hydrogen) atoms. The fraction of sp³-hybridized carbons (Fsp3) is 0.850. The van der Waals surface area contributed by atoms with Gasteiger partial charge in [-0.1, -0.05) is 57.6 Å². The Morgan fingerprint density at radius 1 is 0.500 bits per heavy atom. The van der Waals surface area contributed by atoms with Crippen LogP contribution >= 0.6 is 0 Å². The largest absolute Gasteiger partial charge is 0.490 e. The maximum Gasteiger partial charge on any atom is 0.128 e. The number of nitrogens with zero attached hydrogens (tertiary/aromatic N) is 2. The Morgan fingerprint density at radius 3 is 1.19 bits per heavy atom. The van der Waals surface area contributed by atoms with Crippen molar-refractivity contribution in [2.45, 2.75) is 137 Å². The molecule has 5 unspecified atom stereocenters. The van der Waals surface area contributed by atoms with E-state index < -0.39 is 30.5 Å². The quantitative estimate of drug-likeness (QED) is 0.0641. The van der Waals surface area contributed by atoms with Gasteiger partial charge in [-0.25, -0.2) is 0 Å². The van der Waals surface area contributed by atoms with Gasteiger partial charge in [0.1, 0.15) is 12.4 Å². The van der Waals surface area contributed by atoms with E-state index in [2.05, 4.69) is 28.9 Å². The van der Waals surface area contributed by atoms with Crippen molar-refractivity contribution in [2.75, 3.05) is 85.6 Å². The molecule has 0 fully saturated rings. The van der Waals surface area contributed by atoms with Gasteiger partial charge in [0.2, 0.25) is 0 Å². The Balaban J connectivity index is 3.46. The minimum atomic E-state index is -0.661. The predicted octanol–water partition coefficient (Wildman–Crippen LogP) is 3.93. The summed E-state index contributed by atoms with van der Waals surface area (Å²) < 4.78 is 29.4. The molecule has 0 saturated heterocycles. The van der Waals surface area contributed by atoms with Crippen LogP contribution in [0.25, 0.3) is 0 Å². The second kappa shape index (κ2) is 30.9. The van der Waals surface area contributed by atoms with E-state index in [0.717, 1.165) is 29.7 Å². The summed E-state index contributed by atoms with van der Waals surface area (Å²) in [5.74, 6) is 0.740. The van der Waals surface area contributed by atoms with Crippen molar-refractivity contribution in [3.8, 4) is 5.75 Å². The lowest BCUT2D eigenvalue weighted by molar-refractivity contribution is 0.0166. The van der Waals surface area contributed by atoms with Crippen molar-refractivity contribution < 1.29 is 49.2 Å². The van der Waals surface area contributed by atoms with Crippen LogP contribution in [0, 0.1) is 0 Å². The second-order valence-corrected chi connectivity index (χ2v) is 14.5. The first-order valence-corrected chi connectivity index (χ1v) is 19.8. The van der Waals surface area contributed by atoms with Gasteiger partial charge in [-0.05, 0) is 53.0 Å². The van der Waals surface area contributed by atoms with Gasteiger partial charge >= 0.3 is 0 Å². The number of aryl methyl sites for hydroxylation is 1. The van der Waals surface area contributed by atoms with Crippen molar-refractivity contribution in [1.29, 1.82) is 0 Å². The molecule has 1 aromatic rings. The number of hydrogen-bond acceptors (Lipinski definition) is 12. The smallest absolute Gasteiger partial charge is 0.128 e. The Kier molecular flexibility index (Phi) is 28.8. The fourth-order valence-corrected chi connectivity index (χ4v) is 5.69. The van der Waals surface area contributed by atoms with E-state index in [1.165, 1.54) is 44.1 Å². The molecule has 12 nitrogen and oxygen atoms in total. The molecule has 0 amide bonds. The zero-order valence-electron chi connectivity index (χ0n) is 33.5. The first-order valence-electron chi connectivity index (χ1n) is 19.8. The highest BCUT2D eigenvalue weighted by atomic mass is 16.5. The number of unbranched alkanes of at least 4 members (excludes halogenated alkanes) is 6. The Labute approximate surface area is 315 Å². The topological polar surface area (TPSA) is 154 Å². The van der Waals surface area contributed by atoms with E-state index in [1.54, 1.807) is 34.6 Å². The first-order chi connectivity index (χ1) is 24.9. The molecule has 1 rings (SSSR count). The molecule has 5 N–H and O–H groups in total. The van der Waals surface area contributed by atoms with Crippen LogP contribution < -0.4 is 4.74 Å². The summed E-state index contributed by atoms with van der Waals surface area (Å²) in [6.07, 6.45) is 6.66.